The molecule has 0 aliphatic heterocycles. The van der Waals surface area contributed by atoms with Crippen molar-refractivity contribution < 1.29 is 27.3 Å². The van der Waals surface area contributed by atoms with Crippen molar-refractivity contribution in [2.75, 3.05) is 0 Å². The molecule has 0 N–H and O–H groups in total. The Bertz CT molecular complexity index is 3000. The van der Waals surface area contributed by atoms with Crippen molar-refractivity contribution in [3.05, 3.63) is 163 Å². The number of hydrogen-bond acceptors (Lipinski definition) is 4. The molecule has 0 aliphatic rings. The van der Waals surface area contributed by atoms with Crippen molar-refractivity contribution in [1.29, 1.82) is 0 Å². The molecule has 0 bridgehead atoms. The Kier molecular flexibility index (Phi) is 12.5. The van der Waals surface area contributed by atoms with E-state index in [4.69, 9.17) is 12.1 Å². The Morgan fingerprint density at radius 3 is 2.10 bits per heavy atom. The number of para-hydroxylation sites is 2. The average Bonchev–Trinajstić information content (AvgIpc) is 3.85. The molecule has 0 saturated heterocycles. The summed E-state index contributed by atoms with van der Waals surface area (Å²) in [5.74, 6) is 8.21. The number of benzene rings is 5. The molecule has 4 aromatic heterocycles. The molecule has 9 rings (SSSR count). The van der Waals surface area contributed by atoms with E-state index in [0.717, 1.165) is 50.0 Å². The average molecular weight is 1040 g/mol. The molecule has 0 fully saturated rings. The van der Waals surface area contributed by atoms with Gasteiger partial charge >= 0.3 is 128 Å². The third-order valence-electron chi connectivity index (χ3n) is 10.9. The molecule has 9 aromatic rings. The van der Waals surface area contributed by atoms with Crippen molar-refractivity contribution >= 4 is 50.8 Å². The zero-order valence-corrected chi connectivity index (χ0v) is 41.0. The zero-order valence-electron chi connectivity index (χ0n) is 38.5. The Balaban J connectivity index is 0.000000221. The van der Waals surface area contributed by atoms with E-state index >= 15 is 0 Å². The predicted molar refractivity (Wildman–Crippen MR) is 254 cm³/mol. The molecule has 5 aromatic carbocycles. The first-order valence-corrected chi connectivity index (χ1v) is 28.4. The van der Waals surface area contributed by atoms with Crippen LogP contribution in [0.3, 0.4) is 0 Å². The van der Waals surface area contributed by atoms with Gasteiger partial charge < -0.3 is 8.98 Å². The fourth-order valence-electron chi connectivity index (χ4n) is 7.83. The monoisotopic (exact) mass is 1040 g/mol. The summed E-state index contributed by atoms with van der Waals surface area (Å²) >= 11 is -2.06. The maximum atomic E-state index is 8.55. The first-order valence-electron chi connectivity index (χ1n) is 22.0. The summed E-state index contributed by atoms with van der Waals surface area (Å²) in [6, 6.07) is 48.1. The van der Waals surface area contributed by atoms with E-state index < -0.39 is 19.6 Å². The van der Waals surface area contributed by atoms with Crippen LogP contribution in [0, 0.1) is 18.1 Å². The summed E-state index contributed by atoms with van der Waals surface area (Å²) in [5.41, 5.74) is 12.7. The molecule has 4 heterocycles. The standard InChI is InChI=1S/C36H30N3O.C18H24GeN.Ir/c1-22(2)29-20-25(24-12-6-5-7-13-24)21-30(23(3)4)33(29)39-32-18-9-8-17-31(32)38-35(39)28-15-10-14-26-27-16-11-19-37-36(27)40-34(26)28;1-14(2)11-16-12-17(19(3,4)5)13-20-18(16)15-9-7-6-8-10-15;/h5-14,16-23H,1-4H3;6-9,12-14H,11H2,1-5H3;/q2*-1;/i;11D2;. The normalized spacial score (nSPS) is 12.5. The topological polar surface area (TPSA) is 56.7 Å². The molecule has 7 heteroatoms. The van der Waals surface area contributed by atoms with Crippen LogP contribution in [0.1, 0.15) is 72.8 Å². The van der Waals surface area contributed by atoms with Crippen molar-refractivity contribution in [1.82, 2.24) is 19.5 Å². The van der Waals surface area contributed by atoms with Gasteiger partial charge in [0.2, 0.25) is 5.71 Å². The number of furan rings is 1. The number of rotatable bonds is 9. The smallest absolute Gasteiger partial charge is 0 e. The van der Waals surface area contributed by atoms with Crippen LogP contribution in [0.2, 0.25) is 17.3 Å². The number of pyridine rings is 2. The van der Waals surface area contributed by atoms with Gasteiger partial charge in [-0.15, -0.1) is 18.2 Å². The third kappa shape index (κ3) is 9.09. The van der Waals surface area contributed by atoms with Crippen molar-refractivity contribution in [2.24, 2.45) is 5.92 Å². The third-order valence-corrected chi connectivity index (χ3v) is 15.1. The van der Waals surface area contributed by atoms with E-state index in [2.05, 4.69) is 144 Å². The first kappa shape index (κ1) is 41.2. The van der Waals surface area contributed by atoms with E-state index in [-0.39, 0.29) is 26.0 Å². The van der Waals surface area contributed by atoms with Gasteiger partial charge in [-0.3, -0.25) is 4.98 Å². The summed E-state index contributed by atoms with van der Waals surface area (Å²) in [7, 11) is 0. The number of aromatic nitrogens is 4. The van der Waals surface area contributed by atoms with Gasteiger partial charge in [0.1, 0.15) is 0 Å². The van der Waals surface area contributed by atoms with Crippen molar-refractivity contribution in [3.8, 4) is 39.5 Å². The quantitative estimate of drug-likeness (QED) is 0.107. The van der Waals surface area contributed by atoms with Gasteiger partial charge in [0.15, 0.2) is 0 Å². The van der Waals surface area contributed by atoms with Gasteiger partial charge in [-0.1, -0.05) is 81.1 Å². The SMILES string of the molecule is CC(C)c1cc(-c2ccccc2)cc(C(C)C)c1-n1c(-c2[c-]ccc3c2oc2ncccc23)nc2ccccc21.[2H]C([2H])(c1c[c]([Ge]([CH3])([CH3])[CH3])cnc1-c1[c-]cccc1)C(C)C.[Ir]. The number of nitrogens with zero attached hydrogens (tertiary/aromatic N) is 4. The van der Waals surface area contributed by atoms with Gasteiger partial charge in [0.05, 0.1) is 22.4 Å². The van der Waals surface area contributed by atoms with Crippen LogP contribution in [0.25, 0.3) is 72.6 Å². The summed E-state index contributed by atoms with van der Waals surface area (Å²) in [4.78, 5) is 14.3. The van der Waals surface area contributed by atoms with Gasteiger partial charge in [-0.05, 0) is 70.5 Å². The molecule has 61 heavy (non-hydrogen) atoms. The molecule has 0 atom stereocenters. The fourth-order valence-corrected chi connectivity index (χ4v) is 9.99. The molecule has 1 radical (unpaired) electrons. The largest absolute Gasteiger partial charge is 0 e. The second kappa shape index (κ2) is 18.5. The molecule has 0 amide bonds. The molecule has 0 aliphatic carbocycles. The minimum Gasteiger partial charge on any atom is 0 e. The fraction of sp³-hybridized carbons (Fsp3) is 0.241. The van der Waals surface area contributed by atoms with E-state index in [9.17, 15) is 0 Å². The summed E-state index contributed by atoms with van der Waals surface area (Å²) in [6.07, 6.45) is 2.30. The minimum absolute atomic E-state index is 0. The van der Waals surface area contributed by atoms with Crippen LogP contribution in [0.15, 0.2) is 138 Å². The Morgan fingerprint density at radius 2 is 1.43 bits per heavy atom. The van der Waals surface area contributed by atoms with Crippen LogP contribution in [-0.4, -0.2) is 32.8 Å². The first-order chi connectivity index (χ1) is 29.6. The predicted octanol–water partition coefficient (Wildman–Crippen LogP) is 14.0. The number of imidazole rings is 1. The van der Waals surface area contributed by atoms with Gasteiger partial charge in [-0.25, -0.2) is 4.98 Å². The molecule has 0 spiro atoms. The van der Waals surface area contributed by atoms with Crippen LogP contribution in [0.5, 0.6) is 0 Å². The summed E-state index contributed by atoms with van der Waals surface area (Å²) in [5, 5.41) is 2.01. The van der Waals surface area contributed by atoms with E-state index in [1.165, 1.54) is 32.3 Å². The summed E-state index contributed by atoms with van der Waals surface area (Å²) < 4.78 is 27.0. The van der Waals surface area contributed by atoms with E-state index in [0.29, 0.717) is 23.1 Å². The molecule has 0 saturated carbocycles. The Labute approximate surface area is 380 Å². The van der Waals surface area contributed by atoms with Crippen LogP contribution >= 0.6 is 0 Å². The van der Waals surface area contributed by atoms with Crippen molar-refractivity contribution in [2.45, 2.75) is 77.0 Å². The maximum absolute atomic E-state index is 8.55. The Morgan fingerprint density at radius 1 is 0.721 bits per heavy atom. The second-order valence-electron chi connectivity index (χ2n) is 17.4. The molecular weight excluding hydrogens is 985 g/mol. The van der Waals surface area contributed by atoms with E-state index in [1.807, 2.05) is 68.6 Å². The minimum atomic E-state index is -2.06. The second-order valence-corrected chi connectivity index (χ2v) is 28.1. The van der Waals surface area contributed by atoms with E-state index in [1.54, 1.807) is 6.20 Å². The van der Waals surface area contributed by atoms with Gasteiger partial charge in [0, 0.05) is 37.4 Å². The van der Waals surface area contributed by atoms with Crippen LogP contribution in [-0.2, 0) is 26.5 Å². The van der Waals surface area contributed by atoms with Crippen LogP contribution in [0.4, 0.5) is 0 Å². The zero-order chi connectivity index (χ0) is 43.9. The van der Waals surface area contributed by atoms with Crippen LogP contribution < -0.4 is 4.40 Å². The number of hydrogen-bond donors (Lipinski definition) is 0. The molecule has 0 unspecified atom stereocenters. The molecule has 5 nitrogen and oxygen atoms in total. The Hall–Kier alpha value is -5.14. The molecular formula is C54H54GeIrN4O-2. The molecule has 311 valence electrons. The van der Waals surface area contributed by atoms with Crippen molar-refractivity contribution in [3.63, 3.8) is 0 Å². The maximum Gasteiger partial charge on any atom is 0 e. The summed E-state index contributed by atoms with van der Waals surface area (Å²) in [6.45, 7) is 12.9. The van der Waals surface area contributed by atoms with Gasteiger partial charge in [-0.2, -0.15) is 0 Å². The van der Waals surface area contributed by atoms with Gasteiger partial charge in [0.25, 0.3) is 0 Å². The number of fused-ring (bicyclic) bond motifs is 4.